The highest BCUT2D eigenvalue weighted by molar-refractivity contribution is 5.12. The molecule has 0 unspecified atom stereocenters. The van der Waals surface area contributed by atoms with Gasteiger partial charge in [0, 0.05) is 23.3 Å². The summed E-state index contributed by atoms with van der Waals surface area (Å²) in [6.45, 7) is 6.46. The molecule has 0 aliphatic heterocycles. The van der Waals surface area contributed by atoms with Gasteiger partial charge in [-0.05, 0) is 12.8 Å². The molecule has 0 bridgehead atoms. The van der Waals surface area contributed by atoms with Crippen LogP contribution in [-0.2, 0) is 5.41 Å². The van der Waals surface area contributed by atoms with Gasteiger partial charge in [-0.2, -0.15) is 0 Å². The van der Waals surface area contributed by atoms with E-state index in [0.717, 1.165) is 18.5 Å². The second-order valence-corrected chi connectivity index (χ2v) is 5.54. The van der Waals surface area contributed by atoms with Crippen LogP contribution in [0.2, 0.25) is 0 Å². The van der Waals surface area contributed by atoms with E-state index in [4.69, 9.17) is 0 Å². The Bertz CT molecular complexity index is 388. The average molecular weight is 208 g/mol. The summed E-state index contributed by atoms with van der Waals surface area (Å²) in [4.78, 5) is 14.6. The third kappa shape index (κ3) is 1.87. The predicted molar refractivity (Wildman–Crippen MR) is 61.3 cm³/mol. The van der Waals surface area contributed by atoms with Crippen LogP contribution in [-0.4, -0.2) is 9.55 Å². The zero-order valence-electron chi connectivity index (χ0n) is 9.84. The summed E-state index contributed by atoms with van der Waals surface area (Å²) in [6, 6.07) is 0.429. The van der Waals surface area contributed by atoms with Gasteiger partial charge >= 0.3 is 5.69 Å². The summed E-state index contributed by atoms with van der Waals surface area (Å²) < 4.78 is 1.98. The number of aromatic nitrogens is 2. The largest absolute Gasteiger partial charge is 0.325 e. The number of H-pyrrole nitrogens is 1. The van der Waals surface area contributed by atoms with Crippen LogP contribution >= 0.6 is 0 Å². The van der Waals surface area contributed by atoms with Gasteiger partial charge < -0.3 is 4.98 Å². The van der Waals surface area contributed by atoms with Crippen molar-refractivity contribution in [2.24, 2.45) is 0 Å². The molecule has 1 N–H and O–H groups in total. The molecular formula is C12H20N2O. The molecule has 1 aromatic heterocycles. The van der Waals surface area contributed by atoms with Crippen LogP contribution in [0.3, 0.4) is 0 Å². The highest BCUT2D eigenvalue weighted by atomic mass is 16.1. The number of nitrogens with zero attached hydrogens (tertiary/aromatic N) is 1. The van der Waals surface area contributed by atoms with Crippen LogP contribution in [0.15, 0.2) is 11.0 Å². The number of hydrogen-bond acceptors (Lipinski definition) is 1. The fourth-order valence-corrected chi connectivity index (χ4v) is 2.48. The fourth-order valence-electron chi connectivity index (χ4n) is 2.48. The van der Waals surface area contributed by atoms with E-state index in [1.807, 2.05) is 10.8 Å². The first-order valence-electron chi connectivity index (χ1n) is 5.80. The quantitative estimate of drug-likeness (QED) is 0.756. The van der Waals surface area contributed by atoms with E-state index < -0.39 is 0 Å². The Hall–Kier alpha value is -0.990. The molecule has 0 aromatic carbocycles. The smallest absolute Gasteiger partial charge is 0.312 e. The lowest BCUT2D eigenvalue weighted by Crippen LogP contribution is -2.27. The highest BCUT2D eigenvalue weighted by Gasteiger charge is 2.26. The van der Waals surface area contributed by atoms with Gasteiger partial charge in [0.1, 0.15) is 0 Å². The van der Waals surface area contributed by atoms with Crippen LogP contribution in [0.25, 0.3) is 0 Å². The number of nitrogens with one attached hydrogen (secondary N) is 1. The maximum absolute atomic E-state index is 11.8. The Balaban J connectivity index is 2.44. The van der Waals surface area contributed by atoms with Gasteiger partial charge in [0.2, 0.25) is 0 Å². The minimum Gasteiger partial charge on any atom is -0.312 e. The molecule has 1 aliphatic carbocycles. The standard InChI is InChI=1S/C12H20N2O/c1-12(2,3)10-8-13-11(15)14(10)9-6-4-5-7-9/h8-9H,4-7H2,1-3H3,(H,13,15). The van der Waals surface area contributed by atoms with Gasteiger partial charge in [0.25, 0.3) is 0 Å². The molecule has 1 aliphatic rings. The Kier molecular flexibility index (Phi) is 2.49. The first-order chi connectivity index (χ1) is 7.00. The van der Waals surface area contributed by atoms with Crippen molar-refractivity contribution in [1.29, 1.82) is 0 Å². The first kappa shape index (κ1) is 10.5. The monoisotopic (exact) mass is 208 g/mol. The molecule has 1 heterocycles. The van der Waals surface area contributed by atoms with Gasteiger partial charge in [0.05, 0.1) is 0 Å². The Morgan fingerprint density at radius 3 is 2.47 bits per heavy atom. The van der Waals surface area contributed by atoms with Gasteiger partial charge in [0.15, 0.2) is 0 Å². The maximum Gasteiger partial charge on any atom is 0.325 e. The third-order valence-electron chi connectivity index (χ3n) is 3.27. The van der Waals surface area contributed by atoms with E-state index >= 15 is 0 Å². The van der Waals surface area contributed by atoms with Crippen molar-refractivity contribution in [2.75, 3.05) is 0 Å². The lowest BCUT2D eigenvalue weighted by Gasteiger charge is -2.23. The van der Waals surface area contributed by atoms with Crippen molar-refractivity contribution in [3.8, 4) is 0 Å². The summed E-state index contributed by atoms with van der Waals surface area (Å²) in [5, 5.41) is 0. The lowest BCUT2D eigenvalue weighted by molar-refractivity contribution is 0.438. The van der Waals surface area contributed by atoms with Gasteiger partial charge in [-0.15, -0.1) is 0 Å². The van der Waals surface area contributed by atoms with E-state index in [1.165, 1.54) is 12.8 Å². The lowest BCUT2D eigenvalue weighted by atomic mass is 9.92. The average Bonchev–Trinajstić information content (AvgIpc) is 2.69. The minimum atomic E-state index is 0.0434. The van der Waals surface area contributed by atoms with E-state index in [9.17, 15) is 4.79 Å². The second-order valence-electron chi connectivity index (χ2n) is 5.54. The molecule has 1 saturated carbocycles. The summed E-state index contributed by atoms with van der Waals surface area (Å²) in [5.41, 5.74) is 1.24. The summed E-state index contributed by atoms with van der Waals surface area (Å²) >= 11 is 0. The molecule has 3 heteroatoms. The van der Waals surface area contributed by atoms with Crippen molar-refractivity contribution in [3.63, 3.8) is 0 Å². The SMILES string of the molecule is CC(C)(C)c1c[nH]c(=O)n1C1CCCC1. The maximum atomic E-state index is 11.8. The molecule has 1 aromatic rings. The second kappa shape index (κ2) is 3.54. The first-order valence-corrected chi connectivity index (χ1v) is 5.80. The number of hydrogen-bond donors (Lipinski definition) is 1. The van der Waals surface area contributed by atoms with Crippen LogP contribution < -0.4 is 5.69 Å². The van der Waals surface area contributed by atoms with Crippen molar-refractivity contribution in [3.05, 3.63) is 22.4 Å². The fraction of sp³-hybridized carbons (Fsp3) is 0.750. The third-order valence-corrected chi connectivity index (χ3v) is 3.27. The molecule has 0 spiro atoms. The van der Waals surface area contributed by atoms with Crippen LogP contribution in [0.5, 0.6) is 0 Å². The van der Waals surface area contributed by atoms with Gasteiger partial charge in [-0.1, -0.05) is 33.6 Å². The summed E-state index contributed by atoms with van der Waals surface area (Å²) in [5.74, 6) is 0. The zero-order valence-corrected chi connectivity index (χ0v) is 9.84. The number of rotatable bonds is 1. The van der Waals surface area contributed by atoms with E-state index in [1.54, 1.807) is 0 Å². The van der Waals surface area contributed by atoms with Crippen LogP contribution in [0.4, 0.5) is 0 Å². The molecule has 3 nitrogen and oxygen atoms in total. The molecule has 2 rings (SSSR count). The van der Waals surface area contributed by atoms with Crippen molar-refractivity contribution >= 4 is 0 Å². The van der Waals surface area contributed by atoms with Crippen LogP contribution in [0.1, 0.15) is 58.2 Å². The van der Waals surface area contributed by atoms with E-state index in [-0.39, 0.29) is 11.1 Å². The summed E-state index contributed by atoms with van der Waals surface area (Å²) in [6.07, 6.45) is 6.69. The topological polar surface area (TPSA) is 37.8 Å². The Labute approximate surface area is 90.5 Å². The number of aromatic amines is 1. The molecule has 15 heavy (non-hydrogen) atoms. The van der Waals surface area contributed by atoms with Crippen molar-refractivity contribution < 1.29 is 0 Å². The molecule has 84 valence electrons. The number of imidazole rings is 1. The van der Waals surface area contributed by atoms with E-state index in [2.05, 4.69) is 25.8 Å². The minimum absolute atomic E-state index is 0.0434. The van der Waals surface area contributed by atoms with Crippen LogP contribution in [0, 0.1) is 0 Å². The zero-order chi connectivity index (χ0) is 11.1. The normalized spacial score (nSPS) is 18.6. The molecular weight excluding hydrogens is 188 g/mol. The molecule has 0 amide bonds. The van der Waals surface area contributed by atoms with E-state index in [0.29, 0.717) is 6.04 Å². The molecule has 0 saturated heterocycles. The van der Waals surface area contributed by atoms with Gasteiger partial charge in [-0.3, -0.25) is 4.57 Å². The predicted octanol–water partition coefficient (Wildman–Crippen LogP) is 2.59. The molecule has 1 fully saturated rings. The Morgan fingerprint density at radius 2 is 1.93 bits per heavy atom. The highest BCUT2D eigenvalue weighted by Crippen LogP contribution is 2.32. The van der Waals surface area contributed by atoms with Crippen molar-refractivity contribution in [2.45, 2.75) is 57.9 Å². The summed E-state index contributed by atoms with van der Waals surface area (Å²) in [7, 11) is 0. The molecule has 0 radical (unpaired) electrons. The Morgan fingerprint density at radius 1 is 1.33 bits per heavy atom. The van der Waals surface area contributed by atoms with Gasteiger partial charge in [-0.25, -0.2) is 4.79 Å². The molecule has 0 atom stereocenters. The van der Waals surface area contributed by atoms with Crippen molar-refractivity contribution in [1.82, 2.24) is 9.55 Å².